The van der Waals surface area contributed by atoms with E-state index in [1.165, 1.54) is 70.6 Å². The van der Waals surface area contributed by atoms with Gasteiger partial charge in [-0.3, -0.25) is 4.79 Å². The summed E-state index contributed by atoms with van der Waals surface area (Å²) in [6, 6.07) is 0. The Balaban J connectivity index is 0. The molecule has 0 atom stereocenters. The number of rotatable bonds is 17. The van der Waals surface area contributed by atoms with Crippen LogP contribution < -0.4 is 0 Å². The third-order valence-electron chi connectivity index (χ3n) is 4.06. The highest BCUT2D eigenvalue weighted by Crippen LogP contribution is 2.09. The summed E-state index contributed by atoms with van der Waals surface area (Å²) in [4.78, 5) is 10.3. The molecule has 0 aliphatic rings. The van der Waals surface area contributed by atoms with Crippen LogP contribution in [0.1, 0.15) is 111 Å². The lowest BCUT2D eigenvalue weighted by Crippen LogP contribution is -1.93. The molecular formula is C22H44O3. The Morgan fingerprint density at radius 3 is 1.56 bits per heavy atom. The fourth-order valence-electron chi connectivity index (χ4n) is 2.55. The first-order chi connectivity index (χ1) is 12.2. The van der Waals surface area contributed by atoms with E-state index in [1.807, 2.05) is 13.8 Å². The summed E-state index contributed by atoms with van der Waals surface area (Å²) in [5, 5.41) is 8.51. The topological polar surface area (TPSA) is 46.5 Å². The molecule has 0 aromatic carbocycles. The van der Waals surface area contributed by atoms with Gasteiger partial charge in [0.25, 0.3) is 0 Å². The Kier molecular flexibility index (Phi) is 26.8. The van der Waals surface area contributed by atoms with Gasteiger partial charge in [-0.1, -0.05) is 70.4 Å². The van der Waals surface area contributed by atoms with Crippen molar-refractivity contribution < 1.29 is 14.6 Å². The Bertz CT molecular complexity index is 272. The van der Waals surface area contributed by atoms with Crippen LogP contribution in [-0.4, -0.2) is 24.3 Å². The van der Waals surface area contributed by atoms with Gasteiger partial charge in [-0.05, 0) is 46.0 Å². The molecule has 25 heavy (non-hydrogen) atoms. The van der Waals surface area contributed by atoms with Crippen molar-refractivity contribution in [3.8, 4) is 0 Å². The second-order valence-electron chi connectivity index (χ2n) is 6.51. The Morgan fingerprint density at radius 2 is 1.16 bits per heavy atom. The molecule has 0 aromatic rings. The predicted octanol–water partition coefficient (Wildman–Crippen LogP) is 7.15. The number of hydrogen-bond acceptors (Lipinski definition) is 2. The summed E-state index contributed by atoms with van der Waals surface area (Å²) in [5.74, 6) is -0.664. The number of carboxylic acids is 1. The van der Waals surface area contributed by atoms with Crippen LogP contribution in [0.3, 0.4) is 0 Å². The molecule has 0 aromatic heterocycles. The molecule has 0 radical (unpaired) electrons. The van der Waals surface area contributed by atoms with Gasteiger partial charge < -0.3 is 9.84 Å². The van der Waals surface area contributed by atoms with Gasteiger partial charge in [0, 0.05) is 19.6 Å². The number of allylic oxidation sites excluding steroid dienone is 2. The van der Waals surface area contributed by atoms with Gasteiger partial charge in [-0.2, -0.15) is 0 Å². The van der Waals surface area contributed by atoms with Crippen molar-refractivity contribution in [1.82, 2.24) is 0 Å². The molecular weight excluding hydrogens is 312 g/mol. The van der Waals surface area contributed by atoms with Gasteiger partial charge in [-0.25, -0.2) is 0 Å². The van der Waals surface area contributed by atoms with E-state index >= 15 is 0 Å². The highest BCUT2D eigenvalue weighted by molar-refractivity contribution is 5.66. The molecule has 3 nitrogen and oxygen atoms in total. The lowest BCUT2D eigenvalue weighted by Gasteiger charge is -1.99. The maximum absolute atomic E-state index is 10.3. The van der Waals surface area contributed by atoms with E-state index in [0.29, 0.717) is 6.42 Å². The molecule has 0 aliphatic carbocycles. The first-order valence-electron chi connectivity index (χ1n) is 10.6. The smallest absolute Gasteiger partial charge is 0.303 e. The summed E-state index contributed by atoms with van der Waals surface area (Å²) in [5.41, 5.74) is 0. The molecule has 0 heterocycles. The summed E-state index contributed by atoms with van der Waals surface area (Å²) < 4.78 is 4.83. The minimum absolute atomic E-state index is 0.332. The molecule has 3 heteroatoms. The summed E-state index contributed by atoms with van der Waals surface area (Å²) in [6.07, 6.45) is 21.2. The number of aliphatic carboxylic acids is 1. The van der Waals surface area contributed by atoms with Gasteiger partial charge >= 0.3 is 5.97 Å². The third-order valence-corrected chi connectivity index (χ3v) is 4.06. The Morgan fingerprint density at radius 1 is 0.720 bits per heavy atom. The SMILES string of the molecule is CCCCCCCC/C=C\CCCCCCCC(=O)O.CCOCC. The maximum atomic E-state index is 10.3. The van der Waals surface area contributed by atoms with Crippen LogP contribution in [0.5, 0.6) is 0 Å². The Hall–Kier alpha value is -0.830. The van der Waals surface area contributed by atoms with Crippen molar-refractivity contribution >= 4 is 5.97 Å². The van der Waals surface area contributed by atoms with Gasteiger partial charge in [0.15, 0.2) is 0 Å². The molecule has 0 bridgehead atoms. The van der Waals surface area contributed by atoms with Crippen LogP contribution in [0.15, 0.2) is 12.2 Å². The van der Waals surface area contributed by atoms with Gasteiger partial charge in [0.2, 0.25) is 0 Å². The highest BCUT2D eigenvalue weighted by atomic mass is 16.5. The zero-order valence-corrected chi connectivity index (χ0v) is 17.2. The van der Waals surface area contributed by atoms with E-state index in [0.717, 1.165) is 26.1 Å². The van der Waals surface area contributed by atoms with Crippen LogP contribution in [0.4, 0.5) is 0 Å². The molecule has 0 saturated carbocycles. The van der Waals surface area contributed by atoms with E-state index in [4.69, 9.17) is 9.84 Å². The van der Waals surface area contributed by atoms with Gasteiger partial charge in [0.1, 0.15) is 0 Å². The second kappa shape index (κ2) is 25.4. The van der Waals surface area contributed by atoms with E-state index in [9.17, 15) is 4.79 Å². The van der Waals surface area contributed by atoms with E-state index in [1.54, 1.807) is 0 Å². The van der Waals surface area contributed by atoms with E-state index in [2.05, 4.69) is 19.1 Å². The third kappa shape index (κ3) is 31.5. The second-order valence-corrected chi connectivity index (χ2v) is 6.51. The van der Waals surface area contributed by atoms with Gasteiger partial charge in [-0.15, -0.1) is 0 Å². The molecule has 0 amide bonds. The molecule has 0 fully saturated rings. The maximum Gasteiger partial charge on any atom is 0.303 e. The first kappa shape index (κ1) is 26.4. The minimum Gasteiger partial charge on any atom is -0.481 e. The van der Waals surface area contributed by atoms with Crippen LogP contribution >= 0.6 is 0 Å². The molecule has 0 saturated heterocycles. The number of carbonyl (C=O) groups is 1. The largest absolute Gasteiger partial charge is 0.481 e. The van der Waals surface area contributed by atoms with Crippen molar-refractivity contribution in [3.63, 3.8) is 0 Å². The van der Waals surface area contributed by atoms with E-state index < -0.39 is 5.97 Å². The summed E-state index contributed by atoms with van der Waals surface area (Å²) >= 11 is 0. The quantitative estimate of drug-likeness (QED) is 0.222. The van der Waals surface area contributed by atoms with Gasteiger partial charge in [0.05, 0.1) is 0 Å². The van der Waals surface area contributed by atoms with Crippen LogP contribution in [0.25, 0.3) is 0 Å². The molecule has 0 rings (SSSR count). The summed E-state index contributed by atoms with van der Waals surface area (Å²) in [7, 11) is 0. The Labute approximate surface area is 157 Å². The fraction of sp³-hybridized carbons (Fsp3) is 0.864. The fourth-order valence-corrected chi connectivity index (χ4v) is 2.55. The van der Waals surface area contributed by atoms with Crippen molar-refractivity contribution in [1.29, 1.82) is 0 Å². The van der Waals surface area contributed by atoms with E-state index in [-0.39, 0.29) is 0 Å². The van der Waals surface area contributed by atoms with Crippen molar-refractivity contribution in [2.45, 2.75) is 111 Å². The lowest BCUT2D eigenvalue weighted by atomic mass is 10.1. The van der Waals surface area contributed by atoms with Crippen LogP contribution in [0.2, 0.25) is 0 Å². The number of ether oxygens (including phenoxy) is 1. The standard InChI is InChI=1S/C18H34O2.C4H10O/c1-2-3-4-5-6-7-8-9-10-11-12-13-14-15-16-17-18(19)20;1-3-5-4-2/h9-10H,2-8,11-17H2,1H3,(H,19,20);3-4H2,1-2H3/b10-9-;. The molecule has 1 N–H and O–H groups in total. The average molecular weight is 357 g/mol. The first-order valence-corrected chi connectivity index (χ1v) is 10.6. The molecule has 0 unspecified atom stereocenters. The molecule has 0 spiro atoms. The zero-order valence-electron chi connectivity index (χ0n) is 17.2. The highest BCUT2D eigenvalue weighted by Gasteiger charge is 1.95. The average Bonchev–Trinajstić information content (AvgIpc) is 2.59. The van der Waals surface area contributed by atoms with Crippen LogP contribution in [-0.2, 0) is 9.53 Å². The normalized spacial score (nSPS) is 10.7. The monoisotopic (exact) mass is 356 g/mol. The van der Waals surface area contributed by atoms with Crippen LogP contribution in [0, 0.1) is 0 Å². The number of unbranched alkanes of at least 4 members (excludes halogenated alkanes) is 11. The van der Waals surface area contributed by atoms with Crippen molar-refractivity contribution in [2.75, 3.05) is 13.2 Å². The van der Waals surface area contributed by atoms with Crippen molar-refractivity contribution in [3.05, 3.63) is 12.2 Å². The number of hydrogen-bond donors (Lipinski definition) is 1. The predicted molar refractivity (Wildman–Crippen MR) is 109 cm³/mol. The number of carboxylic acid groups (broad SMARTS) is 1. The summed E-state index contributed by atoms with van der Waals surface area (Å²) in [6.45, 7) is 7.93. The molecule has 150 valence electrons. The minimum atomic E-state index is -0.664. The lowest BCUT2D eigenvalue weighted by molar-refractivity contribution is -0.137. The molecule has 0 aliphatic heterocycles. The zero-order chi connectivity index (χ0) is 19.0. The van der Waals surface area contributed by atoms with Crippen molar-refractivity contribution in [2.24, 2.45) is 0 Å².